The number of rotatable bonds is 3. The van der Waals surface area contributed by atoms with Crippen molar-refractivity contribution in [2.24, 2.45) is 5.41 Å². The van der Waals surface area contributed by atoms with Gasteiger partial charge in [-0.3, -0.25) is 0 Å². The van der Waals surface area contributed by atoms with Crippen LogP contribution in [-0.2, 0) is 0 Å². The first-order chi connectivity index (χ1) is 8.28. The lowest BCUT2D eigenvalue weighted by atomic mass is 9.75. The Bertz CT molecular complexity index is 310. The maximum atomic E-state index is 10.5. The summed E-state index contributed by atoms with van der Waals surface area (Å²) >= 11 is 0. The second kappa shape index (κ2) is 6.08. The van der Waals surface area contributed by atoms with Gasteiger partial charge in [0.2, 0.25) is 0 Å². The summed E-state index contributed by atoms with van der Waals surface area (Å²) in [5.74, 6) is 6.39. The lowest BCUT2D eigenvalue weighted by Gasteiger charge is -2.46. The third-order valence-corrected chi connectivity index (χ3v) is 3.99. The zero-order chi connectivity index (χ0) is 13.8. The number of hydrogen-bond donors (Lipinski definition) is 1. The fourth-order valence-electron chi connectivity index (χ4n) is 2.85. The molecule has 1 saturated carbocycles. The van der Waals surface area contributed by atoms with E-state index in [0.717, 1.165) is 12.8 Å². The van der Waals surface area contributed by atoms with Gasteiger partial charge in [-0.1, -0.05) is 31.1 Å². The molecule has 0 aliphatic heterocycles. The van der Waals surface area contributed by atoms with Gasteiger partial charge >= 0.3 is 0 Å². The van der Waals surface area contributed by atoms with Gasteiger partial charge in [-0.25, -0.2) is 0 Å². The Morgan fingerprint density at radius 2 is 1.72 bits per heavy atom. The minimum atomic E-state index is -0.331. The van der Waals surface area contributed by atoms with E-state index >= 15 is 0 Å². The molecule has 1 N–H and O–H groups in total. The van der Waals surface area contributed by atoms with E-state index in [4.69, 9.17) is 0 Å². The molecule has 1 aliphatic rings. The average Bonchev–Trinajstić information content (AvgIpc) is 2.27. The highest BCUT2D eigenvalue weighted by atomic mass is 16.3. The number of nitrogens with zero attached hydrogens (tertiary/aromatic N) is 1. The third-order valence-electron chi connectivity index (χ3n) is 3.99. The summed E-state index contributed by atoms with van der Waals surface area (Å²) in [6.45, 7) is 6.32. The molecule has 1 aliphatic carbocycles. The summed E-state index contributed by atoms with van der Waals surface area (Å²) in [6, 6.07) is 0. The highest BCUT2D eigenvalue weighted by molar-refractivity contribution is 5.10. The van der Waals surface area contributed by atoms with E-state index in [1.807, 2.05) is 0 Å². The third kappa shape index (κ3) is 4.00. The Hall–Kier alpha value is -0.520. The second-order valence-electron chi connectivity index (χ2n) is 6.83. The van der Waals surface area contributed by atoms with E-state index in [9.17, 15) is 5.11 Å². The van der Waals surface area contributed by atoms with E-state index in [2.05, 4.69) is 51.6 Å². The molecule has 0 amide bonds. The Morgan fingerprint density at radius 3 is 2.17 bits per heavy atom. The molecule has 2 heteroatoms. The van der Waals surface area contributed by atoms with Crippen molar-refractivity contribution < 1.29 is 5.11 Å². The molecule has 104 valence electrons. The second-order valence-corrected chi connectivity index (χ2v) is 6.83. The average molecular weight is 251 g/mol. The van der Waals surface area contributed by atoms with Crippen LogP contribution >= 0.6 is 0 Å². The Balaban J connectivity index is 2.71. The Labute approximate surface area is 113 Å². The molecule has 0 aromatic carbocycles. The largest absolute Gasteiger partial charge is 0.390 e. The maximum Gasteiger partial charge on any atom is 0.0832 e. The molecule has 18 heavy (non-hydrogen) atoms. The number of likely N-dealkylation sites (N-methyl/N-ethyl adjacent to an activating group) is 1. The zero-order valence-corrected chi connectivity index (χ0v) is 12.7. The quantitative estimate of drug-likeness (QED) is 0.779. The summed E-state index contributed by atoms with van der Waals surface area (Å²) in [6.07, 6.45) is 6.20. The van der Waals surface area contributed by atoms with Crippen molar-refractivity contribution >= 4 is 0 Å². The molecule has 1 rings (SSSR count). The molecule has 0 radical (unpaired) electrons. The summed E-state index contributed by atoms with van der Waals surface area (Å²) in [4.78, 5) is 2.22. The van der Waals surface area contributed by atoms with Gasteiger partial charge in [0.1, 0.15) is 0 Å². The summed E-state index contributed by atoms with van der Waals surface area (Å²) in [5.41, 5.74) is -0.0254. The van der Waals surface area contributed by atoms with Crippen molar-refractivity contribution in [1.82, 2.24) is 4.90 Å². The normalized spacial score (nSPS) is 21.3. The number of aliphatic hydroxyl groups excluding tert-OH is 1. The van der Waals surface area contributed by atoms with Crippen molar-refractivity contribution in [3.8, 4) is 11.8 Å². The van der Waals surface area contributed by atoms with Crippen molar-refractivity contribution in [3.63, 3.8) is 0 Å². The van der Waals surface area contributed by atoms with Gasteiger partial charge in [-0.15, -0.1) is 0 Å². The Kier molecular flexibility index (Phi) is 5.25. The molecule has 0 aromatic rings. The van der Waals surface area contributed by atoms with Crippen molar-refractivity contribution in [2.45, 2.75) is 70.9 Å². The molecule has 1 atom stereocenters. The Morgan fingerprint density at radius 1 is 1.17 bits per heavy atom. The van der Waals surface area contributed by atoms with E-state index in [0.29, 0.717) is 6.42 Å². The fraction of sp³-hybridized carbons (Fsp3) is 0.875. The molecular weight excluding hydrogens is 222 g/mol. The predicted molar refractivity (Wildman–Crippen MR) is 77.4 cm³/mol. The molecule has 0 spiro atoms. The van der Waals surface area contributed by atoms with Crippen LogP contribution in [0.1, 0.15) is 59.3 Å². The highest BCUT2D eigenvalue weighted by Crippen LogP contribution is 2.36. The molecule has 1 fully saturated rings. The van der Waals surface area contributed by atoms with Crippen LogP contribution in [0.3, 0.4) is 0 Å². The van der Waals surface area contributed by atoms with Crippen LogP contribution in [0.5, 0.6) is 0 Å². The van der Waals surface area contributed by atoms with Crippen LogP contribution in [0.25, 0.3) is 0 Å². The van der Waals surface area contributed by atoms with Gasteiger partial charge in [0, 0.05) is 17.4 Å². The SMILES string of the molecule is CN(C)C1(C(O)CC#CC(C)(C)C)CCCCC1. The minimum absolute atomic E-state index is 0.0254. The topological polar surface area (TPSA) is 23.5 Å². The molecule has 0 bridgehead atoms. The monoisotopic (exact) mass is 251 g/mol. The molecule has 1 unspecified atom stereocenters. The van der Waals surface area contributed by atoms with Crippen LogP contribution < -0.4 is 0 Å². The van der Waals surface area contributed by atoms with E-state index in [1.54, 1.807) is 0 Å². The van der Waals surface area contributed by atoms with Crippen LogP contribution in [-0.4, -0.2) is 35.7 Å². The van der Waals surface area contributed by atoms with E-state index < -0.39 is 0 Å². The molecule has 0 aromatic heterocycles. The minimum Gasteiger partial charge on any atom is -0.390 e. The molecule has 0 heterocycles. The lowest BCUT2D eigenvalue weighted by Crippen LogP contribution is -2.54. The van der Waals surface area contributed by atoms with Crippen LogP contribution in [0.2, 0.25) is 0 Å². The highest BCUT2D eigenvalue weighted by Gasteiger charge is 2.40. The first-order valence-corrected chi connectivity index (χ1v) is 7.13. The van der Waals surface area contributed by atoms with Gasteiger partial charge in [0.15, 0.2) is 0 Å². The standard InChI is InChI=1S/C16H29NO/c1-15(2,3)11-9-10-14(18)16(17(4)5)12-7-6-8-13-16/h14,18H,6-8,10,12-13H2,1-5H3. The van der Waals surface area contributed by atoms with Gasteiger partial charge in [-0.2, -0.15) is 0 Å². The maximum absolute atomic E-state index is 10.5. The van der Waals surface area contributed by atoms with Gasteiger partial charge in [-0.05, 0) is 47.7 Å². The van der Waals surface area contributed by atoms with Crippen LogP contribution in [0.4, 0.5) is 0 Å². The number of hydrogen-bond acceptors (Lipinski definition) is 2. The van der Waals surface area contributed by atoms with Gasteiger partial charge in [0.05, 0.1) is 6.10 Å². The number of aliphatic hydroxyl groups is 1. The molecule has 0 saturated heterocycles. The van der Waals surface area contributed by atoms with Gasteiger partial charge < -0.3 is 10.0 Å². The zero-order valence-electron chi connectivity index (χ0n) is 12.7. The molecule has 2 nitrogen and oxygen atoms in total. The predicted octanol–water partition coefficient (Wildman–Crippen LogP) is 3.05. The van der Waals surface area contributed by atoms with Crippen molar-refractivity contribution in [1.29, 1.82) is 0 Å². The van der Waals surface area contributed by atoms with Crippen LogP contribution in [0, 0.1) is 17.3 Å². The van der Waals surface area contributed by atoms with Crippen molar-refractivity contribution in [2.75, 3.05) is 14.1 Å². The van der Waals surface area contributed by atoms with E-state index in [-0.39, 0.29) is 17.1 Å². The summed E-state index contributed by atoms with van der Waals surface area (Å²) in [5, 5.41) is 10.5. The fourth-order valence-corrected chi connectivity index (χ4v) is 2.85. The first kappa shape index (κ1) is 15.5. The lowest BCUT2D eigenvalue weighted by molar-refractivity contribution is -0.0286. The first-order valence-electron chi connectivity index (χ1n) is 7.13. The molecular formula is C16H29NO. The van der Waals surface area contributed by atoms with E-state index in [1.165, 1.54) is 19.3 Å². The smallest absolute Gasteiger partial charge is 0.0832 e. The van der Waals surface area contributed by atoms with Gasteiger partial charge in [0.25, 0.3) is 0 Å². The summed E-state index contributed by atoms with van der Waals surface area (Å²) in [7, 11) is 4.18. The van der Waals surface area contributed by atoms with Crippen LogP contribution in [0.15, 0.2) is 0 Å². The van der Waals surface area contributed by atoms with Crippen molar-refractivity contribution in [3.05, 3.63) is 0 Å². The summed E-state index contributed by atoms with van der Waals surface area (Å²) < 4.78 is 0.